The lowest BCUT2D eigenvalue weighted by Crippen LogP contribution is -2.06. The summed E-state index contributed by atoms with van der Waals surface area (Å²) in [7, 11) is 0. The molecule has 0 amide bonds. The first kappa shape index (κ1) is 14.6. The van der Waals surface area contributed by atoms with Crippen molar-refractivity contribution in [2.24, 2.45) is 0 Å². The van der Waals surface area contributed by atoms with E-state index in [-0.39, 0.29) is 22.3 Å². The highest BCUT2D eigenvalue weighted by atomic mass is 35.5. The van der Waals surface area contributed by atoms with E-state index in [0.29, 0.717) is 5.56 Å². The topological polar surface area (TPSA) is 46.0 Å². The molecule has 0 spiro atoms. The Kier molecular flexibility index (Phi) is 3.41. The number of aromatic hydroxyl groups is 1. The molecule has 0 fully saturated rings. The van der Waals surface area contributed by atoms with Gasteiger partial charge in [-0.25, -0.2) is 9.97 Å². The summed E-state index contributed by atoms with van der Waals surface area (Å²) in [4.78, 5) is 7.95. The van der Waals surface area contributed by atoms with Crippen LogP contribution in [0.5, 0.6) is 5.75 Å². The number of phenolic OH excluding ortho intramolecular Hbond substituents is 1. The Bertz CT molecular complexity index is 865. The molecule has 0 saturated carbocycles. The Hall–Kier alpha value is -2.34. The van der Waals surface area contributed by atoms with Crippen molar-refractivity contribution in [3.8, 4) is 17.0 Å². The number of hydrogen-bond donors (Lipinski definition) is 1. The zero-order valence-electron chi connectivity index (χ0n) is 10.9. The van der Waals surface area contributed by atoms with Gasteiger partial charge in [0.2, 0.25) is 0 Å². The van der Waals surface area contributed by atoms with E-state index in [1.54, 1.807) is 18.2 Å². The summed E-state index contributed by atoms with van der Waals surface area (Å²) in [5, 5.41) is 9.64. The molecule has 0 radical (unpaired) electrons. The van der Waals surface area contributed by atoms with Gasteiger partial charge < -0.3 is 5.11 Å². The first-order valence-electron chi connectivity index (χ1n) is 6.18. The van der Waals surface area contributed by atoms with Gasteiger partial charge in [-0.1, -0.05) is 23.7 Å². The molecule has 3 rings (SSSR count). The normalized spacial score (nSPS) is 11.8. The van der Waals surface area contributed by atoms with Gasteiger partial charge in [-0.2, -0.15) is 13.2 Å². The van der Waals surface area contributed by atoms with Gasteiger partial charge in [-0.3, -0.25) is 0 Å². The van der Waals surface area contributed by atoms with Crippen molar-refractivity contribution in [1.82, 2.24) is 9.97 Å². The minimum absolute atomic E-state index is 0.0778. The van der Waals surface area contributed by atoms with Gasteiger partial charge in [0.15, 0.2) is 0 Å². The number of rotatable bonds is 1. The predicted octanol–water partition coefficient (Wildman–Crippen LogP) is 4.67. The molecule has 0 bridgehead atoms. The molecule has 0 aliphatic heterocycles. The largest absolute Gasteiger partial charge is 0.507 e. The molecule has 1 N–H and O–H groups in total. The van der Waals surface area contributed by atoms with Gasteiger partial charge in [0.25, 0.3) is 0 Å². The van der Waals surface area contributed by atoms with Gasteiger partial charge in [0, 0.05) is 10.9 Å². The highest BCUT2D eigenvalue weighted by Crippen LogP contribution is 2.39. The van der Waals surface area contributed by atoms with Crippen molar-refractivity contribution in [2.75, 3.05) is 0 Å². The number of phenols is 1. The van der Waals surface area contributed by atoms with E-state index >= 15 is 0 Å². The molecule has 2 aromatic carbocycles. The number of alkyl halides is 3. The molecule has 1 heterocycles. The van der Waals surface area contributed by atoms with Crippen molar-refractivity contribution >= 4 is 22.5 Å². The van der Waals surface area contributed by atoms with E-state index in [0.717, 1.165) is 12.1 Å². The summed E-state index contributed by atoms with van der Waals surface area (Å²) < 4.78 is 39.0. The fourth-order valence-electron chi connectivity index (χ4n) is 2.18. The van der Waals surface area contributed by atoms with Crippen LogP contribution in [0.2, 0.25) is 5.02 Å². The second-order valence-electron chi connectivity index (χ2n) is 4.59. The number of nitrogens with zero attached hydrogens (tertiary/aromatic N) is 2. The third kappa shape index (κ3) is 2.46. The van der Waals surface area contributed by atoms with Crippen molar-refractivity contribution < 1.29 is 18.3 Å². The lowest BCUT2D eigenvalue weighted by Gasteiger charge is -2.12. The lowest BCUT2D eigenvalue weighted by molar-refractivity contribution is -0.137. The second-order valence-corrected chi connectivity index (χ2v) is 4.99. The van der Waals surface area contributed by atoms with Crippen LogP contribution in [0.3, 0.4) is 0 Å². The van der Waals surface area contributed by atoms with Crippen LogP contribution in [0.4, 0.5) is 13.2 Å². The zero-order valence-corrected chi connectivity index (χ0v) is 11.7. The van der Waals surface area contributed by atoms with E-state index in [4.69, 9.17) is 11.6 Å². The Labute approximate surface area is 128 Å². The lowest BCUT2D eigenvalue weighted by atomic mass is 10.0. The van der Waals surface area contributed by atoms with Crippen LogP contribution in [0.1, 0.15) is 5.56 Å². The van der Waals surface area contributed by atoms with E-state index in [2.05, 4.69) is 9.97 Å². The van der Waals surface area contributed by atoms with Crippen molar-refractivity contribution in [2.45, 2.75) is 6.18 Å². The summed E-state index contributed by atoms with van der Waals surface area (Å²) in [6, 6.07) is 8.32. The fourth-order valence-corrected chi connectivity index (χ4v) is 2.45. The van der Waals surface area contributed by atoms with Crippen molar-refractivity contribution in [1.29, 1.82) is 0 Å². The number of hydrogen-bond acceptors (Lipinski definition) is 3. The Morgan fingerprint density at radius 1 is 1.05 bits per heavy atom. The summed E-state index contributed by atoms with van der Waals surface area (Å²) in [5.41, 5.74) is -0.157. The SMILES string of the molecule is Oc1ccccc1-c1ncnc2cc(Cl)c(C(F)(F)F)cc12. The monoisotopic (exact) mass is 324 g/mol. The van der Waals surface area contributed by atoms with Crippen molar-refractivity contribution in [3.05, 3.63) is 53.3 Å². The van der Waals surface area contributed by atoms with Crippen molar-refractivity contribution in [3.63, 3.8) is 0 Å². The molecule has 0 atom stereocenters. The molecule has 22 heavy (non-hydrogen) atoms. The fraction of sp³-hybridized carbons (Fsp3) is 0.0667. The summed E-state index contributed by atoms with van der Waals surface area (Å²) in [6.45, 7) is 0. The number of para-hydroxylation sites is 1. The third-order valence-corrected chi connectivity index (χ3v) is 3.50. The van der Waals surface area contributed by atoms with E-state index in [1.807, 2.05) is 0 Å². The molecule has 7 heteroatoms. The highest BCUT2D eigenvalue weighted by Gasteiger charge is 2.34. The summed E-state index contributed by atoms with van der Waals surface area (Å²) >= 11 is 5.69. The zero-order chi connectivity index (χ0) is 15.9. The minimum Gasteiger partial charge on any atom is -0.507 e. The Morgan fingerprint density at radius 2 is 1.77 bits per heavy atom. The van der Waals surface area contributed by atoms with Crippen LogP contribution in [-0.4, -0.2) is 15.1 Å². The average molecular weight is 325 g/mol. The molecular formula is C15H8ClF3N2O. The quantitative estimate of drug-likeness (QED) is 0.707. The first-order chi connectivity index (χ1) is 10.4. The smallest absolute Gasteiger partial charge is 0.417 e. The van der Waals surface area contributed by atoms with Crippen LogP contribution >= 0.6 is 11.6 Å². The molecule has 0 unspecified atom stereocenters. The number of aromatic nitrogens is 2. The summed E-state index contributed by atoms with van der Waals surface area (Å²) in [6.07, 6.45) is -3.37. The standard InChI is InChI=1S/C15H8ClF3N2O/c16-11-6-12-9(5-10(11)15(17,18)19)14(21-7-20-12)8-3-1-2-4-13(8)22/h1-7,22H. The molecule has 0 aliphatic rings. The third-order valence-electron chi connectivity index (χ3n) is 3.19. The van der Waals surface area contributed by atoms with Gasteiger partial charge in [0.1, 0.15) is 12.1 Å². The highest BCUT2D eigenvalue weighted by molar-refractivity contribution is 6.32. The van der Waals surface area contributed by atoms with E-state index in [9.17, 15) is 18.3 Å². The van der Waals surface area contributed by atoms with E-state index in [1.165, 1.54) is 12.4 Å². The summed E-state index contributed by atoms with van der Waals surface area (Å²) in [5.74, 6) is -0.0778. The van der Waals surface area contributed by atoms with Gasteiger partial charge in [-0.15, -0.1) is 0 Å². The first-order valence-corrected chi connectivity index (χ1v) is 6.55. The van der Waals surface area contributed by atoms with E-state index < -0.39 is 16.8 Å². The Morgan fingerprint density at radius 3 is 2.45 bits per heavy atom. The number of benzene rings is 2. The average Bonchev–Trinajstić information content (AvgIpc) is 2.45. The minimum atomic E-state index is -4.59. The maximum Gasteiger partial charge on any atom is 0.417 e. The predicted molar refractivity (Wildman–Crippen MR) is 76.7 cm³/mol. The van der Waals surface area contributed by atoms with Crippen LogP contribution < -0.4 is 0 Å². The number of halogens is 4. The molecule has 0 aliphatic carbocycles. The van der Waals surface area contributed by atoms with Gasteiger partial charge in [-0.05, 0) is 24.3 Å². The van der Waals surface area contributed by atoms with Gasteiger partial charge >= 0.3 is 6.18 Å². The van der Waals surface area contributed by atoms with Crippen LogP contribution in [0.25, 0.3) is 22.2 Å². The molecule has 0 saturated heterocycles. The number of fused-ring (bicyclic) bond motifs is 1. The molecule has 3 aromatic rings. The van der Waals surface area contributed by atoms with Crippen LogP contribution in [0, 0.1) is 0 Å². The molecular weight excluding hydrogens is 317 g/mol. The maximum atomic E-state index is 13.0. The van der Waals surface area contributed by atoms with Crippen LogP contribution in [-0.2, 0) is 6.18 Å². The van der Waals surface area contributed by atoms with Gasteiger partial charge in [0.05, 0.1) is 21.8 Å². The second kappa shape index (κ2) is 5.14. The molecule has 1 aromatic heterocycles. The molecule has 3 nitrogen and oxygen atoms in total. The Balaban J connectivity index is 2.35. The molecule has 112 valence electrons. The van der Waals surface area contributed by atoms with Crippen LogP contribution in [0.15, 0.2) is 42.7 Å². The maximum absolute atomic E-state index is 13.0.